The van der Waals surface area contributed by atoms with Crippen molar-refractivity contribution in [2.45, 2.75) is 46.1 Å². The first kappa shape index (κ1) is 19.2. The maximum Gasteiger partial charge on any atom is 0.236 e. The first-order valence-electron chi connectivity index (χ1n) is 9.46. The molecule has 2 heterocycles. The lowest BCUT2D eigenvalue weighted by molar-refractivity contribution is -0.136. The van der Waals surface area contributed by atoms with Crippen LogP contribution in [0.15, 0.2) is 0 Å². The van der Waals surface area contributed by atoms with Crippen LogP contribution in [0.5, 0.6) is 0 Å². The zero-order valence-corrected chi connectivity index (χ0v) is 15.6. The van der Waals surface area contributed by atoms with Crippen molar-refractivity contribution in [1.29, 1.82) is 0 Å². The van der Waals surface area contributed by atoms with Gasteiger partial charge >= 0.3 is 0 Å². The zero-order chi connectivity index (χ0) is 17.5. The van der Waals surface area contributed by atoms with Crippen molar-refractivity contribution in [3.8, 4) is 0 Å². The summed E-state index contributed by atoms with van der Waals surface area (Å²) in [5.41, 5.74) is 0. The lowest BCUT2D eigenvalue weighted by atomic mass is 10.0. The number of likely N-dealkylation sites (tertiary alicyclic amines) is 1. The number of piperidine rings is 1. The van der Waals surface area contributed by atoms with E-state index in [1.165, 1.54) is 6.42 Å². The van der Waals surface area contributed by atoms with Crippen LogP contribution in [0, 0.1) is 5.92 Å². The normalized spacial score (nSPS) is 23.5. The van der Waals surface area contributed by atoms with Crippen LogP contribution >= 0.6 is 0 Å². The van der Waals surface area contributed by atoms with Gasteiger partial charge in [-0.3, -0.25) is 19.4 Å². The van der Waals surface area contributed by atoms with Gasteiger partial charge in [0.1, 0.15) is 0 Å². The summed E-state index contributed by atoms with van der Waals surface area (Å²) in [7, 11) is 0. The van der Waals surface area contributed by atoms with Gasteiger partial charge in [0.2, 0.25) is 11.8 Å². The second kappa shape index (κ2) is 9.37. The van der Waals surface area contributed by atoms with Gasteiger partial charge in [-0.05, 0) is 32.1 Å². The van der Waals surface area contributed by atoms with Crippen molar-refractivity contribution in [3.05, 3.63) is 0 Å². The molecular formula is C18H34N4O2. The van der Waals surface area contributed by atoms with E-state index in [-0.39, 0.29) is 11.8 Å². The summed E-state index contributed by atoms with van der Waals surface area (Å²) in [6.07, 6.45) is 3.50. The number of nitrogens with zero attached hydrogens (tertiary/aromatic N) is 3. The van der Waals surface area contributed by atoms with Crippen molar-refractivity contribution in [3.63, 3.8) is 0 Å². The fourth-order valence-corrected chi connectivity index (χ4v) is 3.43. The second-order valence-corrected chi connectivity index (χ2v) is 7.68. The molecule has 138 valence electrons. The average Bonchev–Trinajstić information content (AvgIpc) is 2.55. The molecule has 1 N–H and O–H groups in total. The molecule has 0 bridgehead atoms. The molecule has 0 spiro atoms. The SMILES string of the molecule is CC(C)CNC(=O)CN1CCN(CC(=O)N2CCCCC2C)CC1. The number of carbonyl (C=O) groups is 2. The maximum atomic E-state index is 12.5. The summed E-state index contributed by atoms with van der Waals surface area (Å²) < 4.78 is 0. The lowest BCUT2D eigenvalue weighted by Gasteiger charge is -2.37. The van der Waals surface area contributed by atoms with Crippen LogP contribution in [-0.2, 0) is 9.59 Å². The summed E-state index contributed by atoms with van der Waals surface area (Å²) in [5, 5.41) is 2.97. The standard InChI is InChI=1S/C18H34N4O2/c1-15(2)12-19-17(23)13-20-8-10-21(11-9-20)14-18(24)22-7-5-4-6-16(22)3/h15-16H,4-14H2,1-3H3,(H,19,23). The number of hydrogen-bond acceptors (Lipinski definition) is 4. The maximum absolute atomic E-state index is 12.5. The fraction of sp³-hybridized carbons (Fsp3) is 0.889. The molecule has 2 aliphatic rings. The topological polar surface area (TPSA) is 55.9 Å². The van der Waals surface area contributed by atoms with Crippen molar-refractivity contribution in [2.75, 3.05) is 52.4 Å². The predicted molar refractivity (Wildman–Crippen MR) is 95.8 cm³/mol. The quantitative estimate of drug-likeness (QED) is 0.777. The Morgan fingerprint density at radius 1 is 1.00 bits per heavy atom. The van der Waals surface area contributed by atoms with Gasteiger partial charge in [0.25, 0.3) is 0 Å². The summed E-state index contributed by atoms with van der Waals surface area (Å²) in [5.74, 6) is 0.856. The van der Waals surface area contributed by atoms with E-state index in [1.807, 2.05) is 0 Å². The highest BCUT2D eigenvalue weighted by atomic mass is 16.2. The molecule has 6 heteroatoms. The predicted octanol–water partition coefficient (Wildman–Crippen LogP) is 0.777. The molecule has 0 aromatic heterocycles. The van der Waals surface area contributed by atoms with Gasteiger partial charge in [0, 0.05) is 45.3 Å². The average molecular weight is 338 g/mol. The molecule has 24 heavy (non-hydrogen) atoms. The highest BCUT2D eigenvalue weighted by Crippen LogP contribution is 2.16. The van der Waals surface area contributed by atoms with E-state index in [4.69, 9.17) is 0 Å². The van der Waals surface area contributed by atoms with E-state index < -0.39 is 0 Å². The van der Waals surface area contributed by atoms with Crippen molar-refractivity contribution >= 4 is 11.8 Å². The van der Waals surface area contributed by atoms with E-state index >= 15 is 0 Å². The summed E-state index contributed by atoms with van der Waals surface area (Å²) >= 11 is 0. The lowest BCUT2D eigenvalue weighted by Crippen LogP contribution is -2.53. The van der Waals surface area contributed by atoms with Gasteiger partial charge < -0.3 is 10.2 Å². The van der Waals surface area contributed by atoms with Crippen LogP contribution in [0.25, 0.3) is 0 Å². The van der Waals surface area contributed by atoms with Gasteiger partial charge in [0.15, 0.2) is 0 Å². The van der Waals surface area contributed by atoms with Crippen LogP contribution in [0.4, 0.5) is 0 Å². The van der Waals surface area contributed by atoms with E-state index in [1.54, 1.807) is 0 Å². The summed E-state index contributed by atoms with van der Waals surface area (Å²) in [4.78, 5) is 30.8. The molecule has 0 radical (unpaired) electrons. The molecule has 0 saturated carbocycles. The first-order valence-corrected chi connectivity index (χ1v) is 9.46. The third-order valence-electron chi connectivity index (χ3n) is 5.02. The Bertz CT molecular complexity index is 419. The van der Waals surface area contributed by atoms with E-state index in [0.29, 0.717) is 25.0 Å². The van der Waals surface area contributed by atoms with Crippen LogP contribution in [0.3, 0.4) is 0 Å². The fourth-order valence-electron chi connectivity index (χ4n) is 3.43. The first-order chi connectivity index (χ1) is 11.5. The number of hydrogen-bond donors (Lipinski definition) is 1. The number of nitrogens with one attached hydrogen (secondary N) is 1. The van der Waals surface area contributed by atoms with Crippen molar-refractivity contribution < 1.29 is 9.59 Å². The van der Waals surface area contributed by atoms with Crippen molar-refractivity contribution in [1.82, 2.24) is 20.0 Å². The highest BCUT2D eigenvalue weighted by molar-refractivity contribution is 5.79. The summed E-state index contributed by atoms with van der Waals surface area (Å²) in [6, 6.07) is 0.386. The van der Waals surface area contributed by atoms with E-state index in [2.05, 4.69) is 40.8 Å². The minimum absolute atomic E-state index is 0.107. The largest absolute Gasteiger partial charge is 0.355 e. The molecule has 2 fully saturated rings. The number of carbonyl (C=O) groups excluding carboxylic acids is 2. The Hall–Kier alpha value is -1.14. The third kappa shape index (κ3) is 6.06. The highest BCUT2D eigenvalue weighted by Gasteiger charge is 2.26. The molecule has 6 nitrogen and oxygen atoms in total. The minimum atomic E-state index is 0.107. The molecule has 0 aromatic rings. The van der Waals surface area contributed by atoms with E-state index in [0.717, 1.165) is 52.1 Å². The van der Waals surface area contributed by atoms with Gasteiger partial charge in [0.05, 0.1) is 13.1 Å². The minimum Gasteiger partial charge on any atom is -0.355 e. The van der Waals surface area contributed by atoms with Crippen LogP contribution in [0.1, 0.15) is 40.0 Å². The third-order valence-corrected chi connectivity index (χ3v) is 5.02. The Morgan fingerprint density at radius 2 is 1.62 bits per heavy atom. The molecule has 1 atom stereocenters. The Labute approximate surface area is 146 Å². The van der Waals surface area contributed by atoms with Gasteiger partial charge in [-0.25, -0.2) is 0 Å². The molecule has 2 saturated heterocycles. The van der Waals surface area contributed by atoms with Gasteiger partial charge in [-0.15, -0.1) is 0 Å². The number of piperazine rings is 1. The number of amides is 2. The number of rotatable bonds is 6. The van der Waals surface area contributed by atoms with Crippen LogP contribution in [-0.4, -0.2) is 84.9 Å². The molecular weight excluding hydrogens is 304 g/mol. The van der Waals surface area contributed by atoms with Gasteiger partial charge in [-0.2, -0.15) is 0 Å². The smallest absolute Gasteiger partial charge is 0.236 e. The molecule has 0 aliphatic carbocycles. The zero-order valence-electron chi connectivity index (χ0n) is 15.6. The van der Waals surface area contributed by atoms with Crippen molar-refractivity contribution in [2.24, 2.45) is 5.92 Å². The van der Waals surface area contributed by atoms with E-state index in [9.17, 15) is 9.59 Å². The monoisotopic (exact) mass is 338 g/mol. The Morgan fingerprint density at radius 3 is 2.21 bits per heavy atom. The summed E-state index contributed by atoms with van der Waals surface area (Å²) in [6.45, 7) is 12.4. The Balaban J connectivity index is 1.67. The molecule has 2 aliphatic heterocycles. The van der Waals surface area contributed by atoms with Crippen LogP contribution < -0.4 is 5.32 Å². The van der Waals surface area contributed by atoms with Gasteiger partial charge in [-0.1, -0.05) is 13.8 Å². The van der Waals surface area contributed by atoms with Crippen LogP contribution in [0.2, 0.25) is 0 Å². The Kier molecular flexibility index (Phi) is 7.49. The molecule has 0 aromatic carbocycles. The molecule has 1 unspecified atom stereocenters. The second-order valence-electron chi connectivity index (χ2n) is 7.68. The molecule has 2 rings (SSSR count). The molecule has 2 amide bonds.